The first-order valence-electron chi connectivity index (χ1n) is 8.38. The molecule has 21 heavy (non-hydrogen) atoms. The summed E-state index contributed by atoms with van der Waals surface area (Å²) in [4.78, 5) is 7.28. The molecule has 0 radical (unpaired) electrons. The van der Waals surface area contributed by atoms with Gasteiger partial charge >= 0.3 is 0 Å². The number of nitrogens with zero attached hydrogens (tertiary/aromatic N) is 3. The van der Waals surface area contributed by atoms with Crippen molar-refractivity contribution in [1.82, 2.24) is 14.5 Å². The number of ether oxygens (including phenoxy) is 1. The minimum atomic E-state index is 0.554. The summed E-state index contributed by atoms with van der Waals surface area (Å²) in [5.41, 5.74) is 1.09. The van der Waals surface area contributed by atoms with E-state index in [1.165, 1.54) is 32.4 Å². The second-order valence-electron chi connectivity index (χ2n) is 6.31. The summed E-state index contributed by atoms with van der Waals surface area (Å²) in [5.74, 6) is 1.03. The van der Waals surface area contributed by atoms with E-state index in [1.54, 1.807) is 0 Å². The van der Waals surface area contributed by atoms with Crippen LogP contribution in [-0.2, 0) is 11.3 Å². The molecule has 1 aliphatic carbocycles. The van der Waals surface area contributed by atoms with E-state index < -0.39 is 0 Å². The molecule has 2 fully saturated rings. The van der Waals surface area contributed by atoms with Crippen LogP contribution in [0.4, 0.5) is 5.95 Å². The maximum absolute atomic E-state index is 5.42. The summed E-state index contributed by atoms with van der Waals surface area (Å²) in [6.07, 6.45) is 7.22. The highest BCUT2D eigenvalue weighted by Gasteiger charge is 2.34. The zero-order valence-corrected chi connectivity index (χ0v) is 13.3. The van der Waals surface area contributed by atoms with Crippen molar-refractivity contribution in [3.05, 3.63) is 11.9 Å². The summed E-state index contributed by atoms with van der Waals surface area (Å²) in [6, 6.07) is 1.43. The fourth-order valence-corrected chi connectivity index (χ4v) is 3.17. The van der Waals surface area contributed by atoms with Crippen LogP contribution in [0.25, 0.3) is 0 Å². The van der Waals surface area contributed by atoms with Gasteiger partial charge in [-0.05, 0) is 39.5 Å². The van der Waals surface area contributed by atoms with Crippen LogP contribution in [0.2, 0.25) is 0 Å². The summed E-state index contributed by atoms with van der Waals surface area (Å²) < 4.78 is 7.67. The molecule has 5 heteroatoms. The van der Waals surface area contributed by atoms with Crippen LogP contribution >= 0.6 is 0 Å². The van der Waals surface area contributed by atoms with E-state index in [1.807, 2.05) is 6.92 Å². The molecular weight excluding hydrogens is 264 g/mol. The Kier molecular flexibility index (Phi) is 4.80. The van der Waals surface area contributed by atoms with Crippen molar-refractivity contribution in [2.24, 2.45) is 0 Å². The predicted octanol–water partition coefficient (Wildman–Crippen LogP) is 2.27. The maximum Gasteiger partial charge on any atom is 0.203 e. The van der Waals surface area contributed by atoms with Gasteiger partial charge in [0, 0.05) is 51.1 Å². The molecule has 1 saturated heterocycles. The average Bonchev–Trinajstić information content (AvgIpc) is 3.12. The fourth-order valence-electron chi connectivity index (χ4n) is 3.17. The lowest BCUT2D eigenvalue weighted by Gasteiger charge is -2.17. The maximum atomic E-state index is 5.42. The largest absolute Gasteiger partial charge is 0.382 e. The number of hydrogen-bond donors (Lipinski definition) is 1. The van der Waals surface area contributed by atoms with E-state index in [4.69, 9.17) is 4.74 Å². The van der Waals surface area contributed by atoms with Crippen molar-refractivity contribution < 1.29 is 4.74 Å². The van der Waals surface area contributed by atoms with E-state index in [0.29, 0.717) is 6.04 Å². The molecule has 2 aliphatic rings. The van der Waals surface area contributed by atoms with Gasteiger partial charge in [0.05, 0.1) is 5.69 Å². The minimum Gasteiger partial charge on any atom is -0.382 e. The van der Waals surface area contributed by atoms with Gasteiger partial charge in [0.25, 0.3) is 0 Å². The first kappa shape index (κ1) is 14.9. The van der Waals surface area contributed by atoms with Crippen molar-refractivity contribution in [1.29, 1.82) is 0 Å². The van der Waals surface area contributed by atoms with Gasteiger partial charge in [0.15, 0.2) is 0 Å². The molecule has 1 unspecified atom stereocenters. The summed E-state index contributed by atoms with van der Waals surface area (Å²) in [7, 11) is 0. The molecule has 0 spiro atoms. The molecule has 1 aliphatic heterocycles. The first-order chi connectivity index (χ1) is 10.3. The molecule has 1 aromatic rings. The van der Waals surface area contributed by atoms with Gasteiger partial charge in [-0.2, -0.15) is 0 Å². The van der Waals surface area contributed by atoms with Crippen LogP contribution in [0.1, 0.15) is 38.3 Å². The number of hydrogen-bond acceptors (Lipinski definition) is 4. The smallest absolute Gasteiger partial charge is 0.203 e. The lowest BCUT2D eigenvalue weighted by atomic mass is 10.3. The molecule has 1 N–H and O–H groups in total. The van der Waals surface area contributed by atoms with Gasteiger partial charge in [-0.15, -0.1) is 0 Å². The second-order valence-corrected chi connectivity index (χ2v) is 6.31. The Bertz CT molecular complexity index is 455. The van der Waals surface area contributed by atoms with E-state index in [2.05, 4.69) is 32.9 Å². The molecular formula is C16H28N4O. The van der Waals surface area contributed by atoms with E-state index in [0.717, 1.165) is 43.9 Å². The fraction of sp³-hybridized carbons (Fsp3) is 0.812. The topological polar surface area (TPSA) is 42.3 Å². The molecule has 118 valence electrons. The standard InChI is InChI=1S/C16H28N4O/c1-3-21-10-4-8-20-11-13(2)17-16(20)18-14-7-9-19(12-14)15-5-6-15/h11,14-15H,3-10,12H2,1-2H3,(H,17,18). The first-order valence-corrected chi connectivity index (χ1v) is 8.38. The third-order valence-electron chi connectivity index (χ3n) is 4.40. The van der Waals surface area contributed by atoms with Crippen LogP contribution in [0.3, 0.4) is 0 Å². The zero-order valence-electron chi connectivity index (χ0n) is 13.3. The Morgan fingerprint density at radius 2 is 2.24 bits per heavy atom. The van der Waals surface area contributed by atoms with Crippen LogP contribution in [0, 0.1) is 6.92 Å². The average molecular weight is 292 g/mol. The quantitative estimate of drug-likeness (QED) is 0.746. The minimum absolute atomic E-state index is 0.554. The van der Waals surface area contributed by atoms with Crippen molar-refractivity contribution in [2.45, 2.75) is 58.2 Å². The second kappa shape index (κ2) is 6.79. The molecule has 0 amide bonds. The van der Waals surface area contributed by atoms with Gasteiger partial charge in [0.2, 0.25) is 5.95 Å². The summed E-state index contributed by atoms with van der Waals surface area (Å²) in [5, 5.41) is 3.65. The van der Waals surface area contributed by atoms with Gasteiger partial charge in [-0.3, -0.25) is 4.90 Å². The highest BCUT2D eigenvalue weighted by molar-refractivity contribution is 5.31. The number of likely N-dealkylation sites (tertiary alicyclic amines) is 1. The van der Waals surface area contributed by atoms with Crippen molar-refractivity contribution in [3.63, 3.8) is 0 Å². The number of aryl methyl sites for hydroxylation is 2. The molecule has 0 aromatic carbocycles. The Morgan fingerprint density at radius 3 is 3.00 bits per heavy atom. The highest BCUT2D eigenvalue weighted by Crippen LogP contribution is 2.30. The molecule has 0 bridgehead atoms. The van der Waals surface area contributed by atoms with Crippen LogP contribution in [0.5, 0.6) is 0 Å². The monoisotopic (exact) mass is 292 g/mol. The van der Waals surface area contributed by atoms with E-state index >= 15 is 0 Å². The molecule has 5 nitrogen and oxygen atoms in total. The lowest BCUT2D eigenvalue weighted by Crippen LogP contribution is -2.28. The number of rotatable bonds is 8. The number of imidazole rings is 1. The SMILES string of the molecule is CCOCCCn1cc(C)nc1NC1CCN(C2CC2)C1. The van der Waals surface area contributed by atoms with Crippen molar-refractivity contribution in [3.8, 4) is 0 Å². The Labute approximate surface area is 127 Å². The zero-order chi connectivity index (χ0) is 14.7. The van der Waals surface area contributed by atoms with Gasteiger partial charge < -0.3 is 14.6 Å². The van der Waals surface area contributed by atoms with Crippen molar-refractivity contribution in [2.75, 3.05) is 31.6 Å². The molecule has 3 rings (SSSR count). The van der Waals surface area contributed by atoms with E-state index in [-0.39, 0.29) is 0 Å². The summed E-state index contributed by atoms with van der Waals surface area (Å²) in [6.45, 7) is 9.12. The van der Waals surface area contributed by atoms with Gasteiger partial charge in [-0.1, -0.05) is 0 Å². The van der Waals surface area contributed by atoms with Crippen molar-refractivity contribution >= 4 is 5.95 Å². The number of aromatic nitrogens is 2. The van der Waals surface area contributed by atoms with E-state index in [9.17, 15) is 0 Å². The Morgan fingerprint density at radius 1 is 1.38 bits per heavy atom. The molecule has 1 atom stereocenters. The van der Waals surface area contributed by atoms with Gasteiger partial charge in [0.1, 0.15) is 0 Å². The molecule has 1 saturated carbocycles. The van der Waals surface area contributed by atoms with Gasteiger partial charge in [-0.25, -0.2) is 4.98 Å². The normalized spacial score (nSPS) is 22.9. The highest BCUT2D eigenvalue weighted by atomic mass is 16.5. The predicted molar refractivity (Wildman–Crippen MR) is 84.7 cm³/mol. The van der Waals surface area contributed by atoms with Crippen LogP contribution < -0.4 is 5.32 Å². The van der Waals surface area contributed by atoms with Crippen LogP contribution in [-0.4, -0.2) is 52.8 Å². The Balaban J connectivity index is 1.52. The molecule has 2 heterocycles. The van der Waals surface area contributed by atoms with Crippen LogP contribution in [0.15, 0.2) is 6.20 Å². The number of anilines is 1. The molecule has 1 aromatic heterocycles. The Hall–Kier alpha value is -1.07. The third kappa shape index (κ3) is 3.98. The number of nitrogens with one attached hydrogen (secondary N) is 1. The third-order valence-corrected chi connectivity index (χ3v) is 4.40. The lowest BCUT2D eigenvalue weighted by molar-refractivity contribution is 0.142. The summed E-state index contributed by atoms with van der Waals surface area (Å²) >= 11 is 0.